The molecule has 0 spiro atoms. The summed E-state index contributed by atoms with van der Waals surface area (Å²) in [6.07, 6.45) is 5.77. The van der Waals surface area contributed by atoms with E-state index < -0.39 is 70.8 Å². The van der Waals surface area contributed by atoms with Crippen LogP contribution in [0.3, 0.4) is 0 Å². The van der Waals surface area contributed by atoms with Gasteiger partial charge < -0.3 is 0 Å². The predicted molar refractivity (Wildman–Crippen MR) is 159 cm³/mol. The quantitative estimate of drug-likeness (QED) is 0.126. The SMILES string of the molecule is Fc1cc(F)c(F)c(C[n+]2ccc(-c3cc[n+](Cc4c(F)c(F)cc(F)c4F)cc3)cc2)c1F.I[I-]I.I[I-]I. The van der Waals surface area contributed by atoms with Crippen LogP contribution in [-0.2, 0) is 13.1 Å². The number of aromatic nitrogens is 2. The van der Waals surface area contributed by atoms with Crippen molar-refractivity contribution in [2.24, 2.45) is 0 Å². The summed E-state index contributed by atoms with van der Waals surface area (Å²) in [7, 11) is 0. The molecule has 4 aromatic rings. The Bertz CT molecular complexity index is 1270. The Morgan fingerprint density at radius 1 is 0.475 bits per heavy atom. The minimum absolute atomic E-state index is 0.136. The molecule has 0 fully saturated rings. The van der Waals surface area contributed by atoms with Crippen LogP contribution < -0.4 is 35.6 Å². The van der Waals surface area contributed by atoms with E-state index in [0.29, 0.717) is 37.6 Å². The van der Waals surface area contributed by atoms with Crippen molar-refractivity contribution in [3.8, 4) is 11.1 Å². The first-order chi connectivity index (χ1) is 19.0. The topological polar surface area (TPSA) is 7.76 Å². The zero-order valence-corrected chi connectivity index (χ0v) is 32.3. The minimum atomic E-state index is -1.50. The number of hydrogen-bond donors (Lipinski definition) is 0. The van der Waals surface area contributed by atoms with Crippen molar-refractivity contribution < 1.29 is 70.8 Å². The van der Waals surface area contributed by atoms with Crippen LogP contribution in [0.4, 0.5) is 35.1 Å². The van der Waals surface area contributed by atoms with E-state index in [0.717, 1.165) is 0 Å². The summed E-state index contributed by atoms with van der Waals surface area (Å²) in [6.45, 7) is -0.911. The second kappa shape index (κ2) is 18.4. The fourth-order valence-electron chi connectivity index (χ4n) is 3.40. The van der Waals surface area contributed by atoms with Gasteiger partial charge in [-0.15, -0.1) is 0 Å². The summed E-state index contributed by atoms with van der Waals surface area (Å²) in [5.74, 6) is -11.9. The average molecular weight is 1240 g/mol. The molecule has 0 aliphatic heterocycles. The molecule has 0 saturated carbocycles. The summed E-state index contributed by atoms with van der Waals surface area (Å²) in [6, 6.07) is 6.58. The molecule has 0 amide bonds. The maximum atomic E-state index is 13.9. The van der Waals surface area contributed by atoms with Crippen molar-refractivity contribution in [2.75, 3.05) is 0 Å². The third-order valence-corrected chi connectivity index (χ3v) is 5.20. The number of pyridine rings is 2. The van der Waals surface area contributed by atoms with Gasteiger partial charge in [-0.1, -0.05) is 0 Å². The van der Waals surface area contributed by atoms with E-state index in [2.05, 4.69) is 74.5 Å². The molecule has 218 valence electrons. The Kier molecular flexibility index (Phi) is 16.9. The van der Waals surface area contributed by atoms with Crippen LogP contribution in [0.2, 0.25) is 0 Å². The Balaban J connectivity index is 0.000000858. The monoisotopic (exact) mass is 1240 g/mol. The molecule has 4 rings (SSSR count). The molecular formula is C24H14F8I6N2. The molecule has 2 nitrogen and oxygen atoms in total. The number of halogens is 14. The van der Waals surface area contributed by atoms with Crippen LogP contribution in [-0.4, -0.2) is 0 Å². The Morgan fingerprint density at radius 3 is 0.925 bits per heavy atom. The number of nitrogens with zero attached hydrogens (tertiary/aromatic N) is 2. The van der Waals surface area contributed by atoms with Gasteiger partial charge in [0.05, 0.1) is 11.1 Å². The molecule has 0 saturated heterocycles. The van der Waals surface area contributed by atoms with Gasteiger partial charge in [0.25, 0.3) is 0 Å². The van der Waals surface area contributed by atoms with E-state index in [1.807, 2.05) is 0 Å². The van der Waals surface area contributed by atoms with Gasteiger partial charge in [-0.3, -0.25) is 0 Å². The van der Waals surface area contributed by atoms with E-state index in [1.54, 1.807) is 24.3 Å². The van der Waals surface area contributed by atoms with Crippen LogP contribution in [0, 0.1) is 46.5 Å². The van der Waals surface area contributed by atoms with Gasteiger partial charge in [-0.05, 0) is 11.1 Å². The van der Waals surface area contributed by atoms with Crippen molar-refractivity contribution >= 4 is 74.5 Å². The summed E-state index contributed by atoms with van der Waals surface area (Å²) in [5, 5.41) is 0. The summed E-state index contributed by atoms with van der Waals surface area (Å²) in [4.78, 5) is 0. The zero-order valence-electron chi connectivity index (χ0n) is 19.4. The third-order valence-electron chi connectivity index (χ3n) is 5.20. The number of rotatable bonds is 5. The fourth-order valence-corrected chi connectivity index (χ4v) is 3.40. The Hall–Kier alpha value is 0.560. The van der Waals surface area contributed by atoms with E-state index in [-0.39, 0.29) is 12.1 Å². The molecule has 0 N–H and O–H groups in total. The van der Waals surface area contributed by atoms with Gasteiger partial charge in [-0.2, -0.15) is 0 Å². The van der Waals surface area contributed by atoms with Gasteiger partial charge in [0.15, 0.2) is 84.4 Å². The molecule has 0 atom stereocenters. The first-order valence-corrected chi connectivity index (χ1v) is 35.5. The first-order valence-electron chi connectivity index (χ1n) is 10.3. The number of hydrogen-bond acceptors (Lipinski definition) is 0. The molecule has 0 aliphatic carbocycles. The predicted octanol–water partition coefficient (Wildman–Crippen LogP) is 2.69. The zero-order chi connectivity index (χ0) is 30.0. The van der Waals surface area contributed by atoms with Gasteiger partial charge in [0.2, 0.25) is 0 Å². The van der Waals surface area contributed by atoms with Crippen LogP contribution in [0.15, 0.2) is 61.2 Å². The fraction of sp³-hybridized carbons (Fsp3) is 0.0833. The Morgan fingerprint density at radius 2 is 0.700 bits per heavy atom. The van der Waals surface area contributed by atoms with Crippen LogP contribution in [0.5, 0.6) is 0 Å². The van der Waals surface area contributed by atoms with E-state index in [9.17, 15) is 35.1 Å². The van der Waals surface area contributed by atoms with Crippen LogP contribution in [0.25, 0.3) is 11.1 Å². The van der Waals surface area contributed by atoms with E-state index >= 15 is 0 Å². The molecule has 2 aromatic heterocycles. The van der Waals surface area contributed by atoms with Crippen molar-refractivity contribution in [3.63, 3.8) is 0 Å². The van der Waals surface area contributed by atoms with Crippen LogP contribution in [0.1, 0.15) is 11.1 Å². The molecular weight excluding hydrogens is 1230 g/mol. The Labute approximate surface area is 283 Å². The number of benzene rings is 2. The van der Waals surface area contributed by atoms with E-state index in [1.165, 1.54) is 33.9 Å². The summed E-state index contributed by atoms with van der Waals surface area (Å²) < 4.78 is 112. The molecule has 0 radical (unpaired) electrons. The second-order valence-corrected chi connectivity index (χ2v) is 40.0. The average Bonchev–Trinajstić information content (AvgIpc) is 2.93. The summed E-state index contributed by atoms with van der Waals surface area (Å²) in [5.41, 5.74) is -0.235. The summed E-state index contributed by atoms with van der Waals surface area (Å²) >= 11 is 10.6. The van der Waals surface area contributed by atoms with Crippen molar-refractivity contribution in [2.45, 2.75) is 13.1 Å². The molecule has 0 aliphatic rings. The second-order valence-electron chi connectivity index (χ2n) is 7.52. The van der Waals surface area contributed by atoms with Gasteiger partial charge in [0, 0.05) is 36.4 Å². The van der Waals surface area contributed by atoms with Gasteiger partial charge in [0.1, 0.15) is 0 Å². The third kappa shape index (κ3) is 10.3. The van der Waals surface area contributed by atoms with Crippen molar-refractivity contribution in [3.05, 3.63) is 119 Å². The molecule has 0 unspecified atom stereocenters. The molecule has 2 aromatic carbocycles. The van der Waals surface area contributed by atoms with Gasteiger partial charge in [-0.25, -0.2) is 44.3 Å². The first kappa shape index (κ1) is 36.8. The molecule has 16 heteroatoms. The van der Waals surface area contributed by atoms with Gasteiger partial charge >= 0.3 is 101 Å². The molecule has 40 heavy (non-hydrogen) atoms. The standard InChI is InChI=1S/C24H14F8N2.2I3/c25-17-9-18(26)22(30)15(21(17)29)11-33-5-1-13(2-6-33)14-3-7-34(8-4-14)12-16-23(31)19(27)10-20(28)24(16)32;2*1-3-2/h1-10H,11-12H2;;/q+2;2*-1. The van der Waals surface area contributed by atoms with E-state index in [4.69, 9.17) is 0 Å². The van der Waals surface area contributed by atoms with Crippen molar-refractivity contribution in [1.29, 1.82) is 0 Å². The van der Waals surface area contributed by atoms with Crippen LogP contribution >= 0.6 is 74.5 Å². The normalized spacial score (nSPS) is 10.6. The maximum absolute atomic E-state index is 13.9. The van der Waals surface area contributed by atoms with Crippen molar-refractivity contribution in [1.82, 2.24) is 0 Å². The molecule has 2 heterocycles. The molecule has 0 bridgehead atoms.